The molecule has 2 rings (SSSR count). The minimum absolute atomic E-state index is 0.0176. The van der Waals surface area contributed by atoms with Crippen molar-refractivity contribution in [2.45, 2.75) is 18.9 Å². The SMILES string of the molecule is O=C(COc1cccc(Cl)c1Br)NC1CCOCC1. The molecule has 1 aromatic rings. The number of ether oxygens (including phenoxy) is 2. The van der Waals surface area contributed by atoms with Gasteiger partial charge in [0.15, 0.2) is 6.61 Å². The number of rotatable bonds is 4. The summed E-state index contributed by atoms with van der Waals surface area (Å²) in [6.45, 7) is 1.38. The number of hydrogen-bond acceptors (Lipinski definition) is 3. The summed E-state index contributed by atoms with van der Waals surface area (Å²) in [6.07, 6.45) is 1.71. The van der Waals surface area contributed by atoms with Crippen LogP contribution in [0.2, 0.25) is 5.02 Å². The van der Waals surface area contributed by atoms with E-state index in [-0.39, 0.29) is 18.6 Å². The Morgan fingerprint density at radius 2 is 2.21 bits per heavy atom. The molecule has 1 aliphatic heterocycles. The molecule has 6 heteroatoms. The molecule has 104 valence electrons. The summed E-state index contributed by atoms with van der Waals surface area (Å²) in [6, 6.07) is 5.48. The maximum absolute atomic E-state index is 11.8. The van der Waals surface area contributed by atoms with Crippen molar-refractivity contribution in [3.05, 3.63) is 27.7 Å². The lowest BCUT2D eigenvalue weighted by atomic mass is 10.1. The van der Waals surface area contributed by atoms with Gasteiger partial charge in [0.05, 0.1) is 9.50 Å². The van der Waals surface area contributed by atoms with E-state index >= 15 is 0 Å². The Bertz CT molecular complexity index is 450. The van der Waals surface area contributed by atoms with E-state index in [1.807, 2.05) is 0 Å². The summed E-state index contributed by atoms with van der Waals surface area (Å²) < 4.78 is 11.3. The van der Waals surface area contributed by atoms with Crippen LogP contribution in [0.3, 0.4) is 0 Å². The highest BCUT2D eigenvalue weighted by Crippen LogP contribution is 2.31. The Morgan fingerprint density at radius 1 is 1.47 bits per heavy atom. The average Bonchev–Trinajstić information content (AvgIpc) is 2.42. The third-order valence-corrected chi connectivity index (χ3v) is 4.22. The zero-order valence-corrected chi connectivity index (χ0v) is 12.7. The second-order valence-corrected chi connectivity index (χ2v) is 5.49. The lowest BCUT2D eigenvalue weighted by molar-refractivity contribution is -0.124. The lowest BCUT2D eigenvalue weighted by Gasteiger charge is -2.23. The van der Waals surface area contributed by atoms with E-state index in [0.717, 1.165) is 12.8 Å². The van der Waals surface area contributed by atoms with Gasteiger partial charge in [-0.25, -0.2) is 0 Å². The summed E-state index contributed by atoms with van der Waals surface area (Å²) in [7, 11) is 0. The van der Waals surface area contributed by atoms with Gasteiger partial charge in [0, 0.05) is 19.3 Å². The zero-order valence-electron chi connectivity index (χ0n) is 10.3. The summed E-state index contributed by atoms with van der Waals surface area (Å²) in [4.78, 5) is 11.8. The first-order valence-electron chi connectivity index (χ1n) is 6.10. The zero-order chi connectivity index (χ0) is 13.7. The van der Waals surface area contributed by atoms with Crippen LogP contribution in [0.1, 0.15) is 12.8 Å². The largest absolute Gasteiger partial charge is 0.483 e. The van der Waals surface area contributed by atoms with Gasteiger partial charge in [-0.1, -0.05) is 17.7 Å². The van der Waals surface area contributed by atoms with Crippen LogP contribution < -0.4 is 10.1 Å². The molecule has 0 atom stereocenters. The van der Waals surface area contributed by atoms with Crippen LogP contribution in [0.4, 0.5) is 0 Å². The number of amides is 1. The predicted octanol–water partition coefficient (Wildman–Crippen LogP) is 2.78. The first-order chi connectivity index (χ1) is 9.16. The highest BCUT2D eigenvalue weighted by molar-refractivity contribution is 9.10. The molecule has 0 unspecified atom stereocenters. The second kappa shape index (κ2) is 7.12. The Labute approximate surface area is 125 Å². The van der Waals surface area contributed by atoms with Gasteiger partial charge in [0.2, 0.25) is 0 Å². The number of hydrogen-bond donors (Lipinski definition) is 1. The molecule has 0 bridgehead atoms. The van der Waals surface area contributed by atoms with E-state index in [1.54, 1.807) is 18.2 Å². The van der Waals surface area contributed by atoms with E-state index < -0.39 is 0 Å². The minimum Gasteiger partial charge on any atom is -0.483 e. The molecule has 1 N–H and O–H groups in total. The fraction of sp³-hybridized carbons (Fsp3) is 0.462. The fourth-order valence-electron chi connectivity index (χ4n) is 1.85. The van der Waals surface area contributed by atoms with Crippen molar-refractivity contribution in [2.24, 2.45) is 0 Å². The van der Waals surface area contributed by atoms with E-state index in [1.165, 1.54) is 0 Å². The molecule has 0 aromatic heterocycles. The monoisotopic (exact) mass is 347 g/mol. The maximum Gasteiger partial charge on any atom is 0.258 e. The summed E-state index contributed by atoms with van der Waals surface area (Å²) in [5, 5.41) is 3.49. The van der Waals surface area contributed by atoms with E-state index in [4.69, 9.17) is 21.1 Å². The molecule has 0 saturated carbocycles. The molecule has 0 aliphatic carbocycles. The molecule has 1 fully saturated rings. The predicted molar refractivity (Wildman–Crippen MR) is 76.6 cm³/mol. The van der Waals surface area contributed by atoms with Crippen molar-refractivity contribution < 1.29 is 14.3 Å². The number of nitrogens with one attached hydrogen (secondary N) is 1. The Hall–Kier alpha value is -0.780. The van der Waals surface area contributed by atoms with Gasteiger partial charge >= 0.3 is 0 Å². The highest BCUT2D eigenvalue weighted by atomic mass is 79.9. The van der Waals surface area contributed by atoms with Crippen molar-refractivity contribution in [1.82, 2.24) is 5.32 Å². The third-order valence-electron chi connectivity index (χ3n) is 2.86. The Balaban J connectivity index is 1.81. The molecule has 1 aliphatic rings. The van der Waals surface area contributed by atoms with Crippen molar-refractivity contribution in [1.29, 1.82) is 0 Å². The van der Waals surface area contributed by atoms with Crippen LogP contribution in [0, 0.1) is 0 Å². The normalized spacial score (nSPS) is 16.1. The topological polar surface area (TPSA) is 47.6 Å². The van der Waals surface area contributed by atoms with E-state index in [2.05, 4.69) is 21.2 Å². The highest BCUT2D eigenvalue weighted by Gasteiger charge is 2.16. The number of benzene rings is 1. The van der Waals surface area contributed by atoms with Gasteiger partial charge in [-0.2, -0.15) is 0 Å². The maximum atomic E-state index is 11.8. The lowest BCUT2D eigenvalue weighted by Crippen LogP contribution is -2.41. The van der Waals surface area contributed by atoms with E-state index in [9.17, 15) is 4.79 Å². The minimum atomic E-state index is -0.126. The van der Waals surface area contributed by atoms with Crippen molar-refractivity contribution in [2.75, 3.05) is 19.8 Å². The number of halogens is 2. The van der Waals surface area contributed by atoms with E-state index in [0.29, 0.717) is 28.5 Å². The van der Waals surface area contributed by atoms with Gasteiger partial charge in [0.25, 0.3) is 5.91 Å². The molecule has 4 nitrogen and oxygen atoms in total. The van der Waals surface area contributed by atoms with Gasteiger partial charge < -0.3 is 14.8 Å². The van der Waals surface area contributed by atoms with Gasteiger partial charge in [0.1, 0.15) is 5.75 Å². The molecule has 0 radical (unpaired) electrons. The van der Waals surface area contributed by atoms with Crippen LogP contribution in [0.25, 0.3) is 0 Å². The average molecular weight is 349 g/mol. The number of carbonyl (C=O) groups excluding carboxylic acids is 1. The summed E-state index contributed by atoms with van der Waals surface area (Å²) >= 11 is 9.27. The van der Waals surface area contributed by atoms with Crippen LogP contribution >= 0.6 is 27.5 Å². The Kier molecular flexibility index (Phi) is 5.48. The van der Waals surface area contributed by atoms with Crippen molar-refractivity contribution >= 4 is 33.4 Å². The molecular formula is C13H15BrClNO3. The first kappa shape index (κ1) is 14.6. The van der Waals surface area contributed by atoms with Crippen LogP contribution in [0.15, 0.2) is 22.7 Å². The quantitative estimate of drug-likeness (QED) is 0.910. The Morgan fingerprint density at radius 3 is 2.95 bits per heavy atom. The van der Waals surface area contributed by atoms with Gasteiger partial charge in [-0.3, -0.25) is 4.79 Å². The smallest absolute Gasteiger partial charge is 0.258 e. The van der Waals surface area contributed by atoms with Gasteiger partial charge in [-0.15, -0.1) is 0 Å². The molecule has 19 heavy (non-hydrogen) atoms. The van der Waals surface area contributed by atoms with Crippen LogP contribution in [0.5, 0.6) is 5.75 Å². The fourth-order valence-corrected chi connectivity index (χ4v) is 2.39. The van der Waals surface area contributed by atoms with Crippen molar-refractivity contribution in [3.63, 3.8) is 0 Å². The first-order valence-corrected chi connectivity index (χ1v) is 7.28. The van der Waals surface area contributed by atoms with Crippen LogP contribution in [-0.4, -0.2) is 31.8 Å². The molecule has 1 aromatic carbocycles. The molecular weight excluding hydrogens is 334 g/mol. The molecule has 1 heterocycles. The molecule has 1 amide bonds. The van der Waals surface area contributed by atoms with Crippen molar-refractivity contribution in [3.8, 4) is 5.75 Å². The van der Waals surface area contributed by atoms with Gasteiger partial charge in [-0.05, 0) is 40.9 Å². The standard InChI is InChI=1S/C13H15BrClNO3/c14-13-10(15)2-1-3-11(13)19-8-12(17)16-9-4-6-18-7-5-9/h1-3,9H,4-8H2,(H,16,17). The summed E-state index contributed by atoms with van der Waals surface area (Å²) in [5.41, 5.74) is 0. The summed E-state index contributed by atoms with van der Waals surface area (Å²) in [5.74, 6) is 0.438. The second-order valence-electron chi connectivity index (χ2n) is 4.29. The molecule has 0 spiro atoms. The third kappa shape index (κ3) is 4.37. The number of carbonyl (C=O) groups is 1. The van der Waals surface area contributed by atoms with Crippen LogP contribution in [-0.2, 0) is 9.53 Å². The molecule has 1 saturated heterocycles.